The molecule has 0 aromatic heterocycles. The van der Waals surface area contributed by atoms with Crippen LogP contribution in [0.4, 0.5) is 10.1 Å². The molecule has 1 aromatic carbocycles. The molecular formula is C14H21FN2O2S. The molecule has 4 nitrogen and oxygen atoms in total. The first-order chi connectivity index (χ1) is 9.23. The molecule has 1 saturated carbocycles. The second-order valence-corrected chi connectivity index (χ2v) is 7.70. The first kappa shape index (κ1) is 15.3. The lowest BCUT2D eigenvalue weighted by Gasteiger charge is -2.24. The van der Waals surface area contributed by atoms with E-state index >= 15 is 0 Å². The van der Waals surface area contributed by atoms with Crippen LogP contribution in [0.1, 0.15) is 32.3 Å². The number of nitrogen functional groups attached to an aromatic ring is 1. The molecule has 0 unspecified atom stereocenters. The summed E-state index contributed by atoms with van der Waals surface area (Å²) in [6, 6.07) is 2.42. The smallest absolute Gasteiger partial charge is 0.246 e. The molecule has 1 aromatic rings. The third kappa shape index (κ3) is 2.96. The molecule has 0 amide bonds. The Hall–Kier alpha value is -1.14. The number of nitrogens with two attached hydrogens (primary N) is 1. The zero-order valence-electron chi connectivity index (χ0n) is 12.1. The average molecular weight is 300 g/mol. The summed E-state index contributed by atoms with van der Waals surface area (Å²) >= 11 is 0. The fourth-order valence-electron chi connectivity index (χ4n) is 2.16. The third-order valence-electron chi connectivity index (χ3n) is 3.41. The van der Waals surface area contributed by atoms with Crippen LogP contribution in [-0.2, 0) is 10.0 Å². The Balaban J connectivity index is 2.45. The normalized spacial score (nSPS) is 16.1. The number of hydrogen-bond acceptors (Lipinski definition) is 3. The molecule has 1 aliphatic carbocycles. The lowest BCUT2D eigenvalue weighted by molar-refractivity contribution is 0.358. The van der Waals surface area contributed by atoms with Crippen molar-refractivity contribution < 1.29 is 12.8 Å². The maximum absolute atomic E-state index is 14.0. The molecule has 1 fully saturated rings. The number of rotatable bonds is 5. The standard InChI is InChI=1S/C14H21FN2O2S/c1-9(2)8-17(11-4-5-11)20(18,19)14-7-13(16)10(3)6-12(14)15/h6-7,9,11H,4-5,8,16H2,1-3H3. The van der Waals surface area contributed by atoms with Gasteiger partial charge in [-0.3, -0.25) is 0 Å². The van der Waals surface area contributed by atoms with E-state index in [2.05, 4.69) is 0 Å². The first-order valence-corrected chi connectivity index (χ1v) is 8.25. The van der Waals surface area contributed by atoms with Crippen LogP contribution in [0.15, 0.2) is 17.0 Å². The summed E-state index contributed by atoms with van der Waals surface area (Å²) in [6.45, 7) is 5.96. The van der Waals surface area contributed by atoms with Crippen LogP contribution in [0, 0.1) is 18.7 Å². The molecule has 0 spiro atoms. The molecule has 0 saturated heterocycles. The van der Waals surface area contributed by atoms with Gasteiger partial charge in [0.1, 0.15) is 10.7 Å². The molecule has 2 rings (SSSR count). The average Bonchev–Trinajstić information content (AvgIpc) is 3.14. The fraction of sp³-hybridized carbons (Fsp3) is 0.571. The van der Waals surface area contributed by atoms with Gasteiger partial charge < -0.3 is 5.73 Å². The van der Waals surface area contributed by atoms with Crippen molar-refractivity contribution in [1.82, 2.24) is 4.31 Å². The molecule has 6 heteroatoms. The van der Waals surface area contributed by atoms with Gasteiger partial charge in [-0.2, -0.15) is 4.31 Å². The minimum Gasteiger partial charge on any atom is -0.398 e. The molecule has 1 aliphatic rings. The Morgan fingerprint density at radius 2 is 2.00 bits per heavy atom. The molecular weight excluding hydrogens is 279 g/mol. The molecule has 0 radical (unpaired) electrons. The highest BCUT2D eigenvalue weighted by molar-refractivity contribution is 7.89. The van der Waals surface area contributed by atoms with E-state index in [1.807, 2.05) is 13.8 Å². The monoisotopic (exact) mass is 300 g/mol. The number of aryl methyl sites for hydroxylation is 1. The molecule has 0 bridgehead atoms. The van der Waals surface area contributed by atoms with Gasteiger partial charge >= 0.3 is 0 Å². The fourth-order valence-corrected chi connectivity index (χ4v) is 4.09. The number of benzene rings is 1. The summed E-state index contributed by atoms with van der Waals surface area (Å²) in [4.78, 5) is -0.312. The van der Waals surface area contributed by atoms with E-state index < -0.39 is 15.8 Å². The van der Waals surface area contributed by atoms with Gasteiger partial charge in [0, 0.05) is 18.3 Å². The van der Waals surface area contributed by atoms with Gasteiger partial charge in [0.25, 0.3) is 0 Å². The Bertz CT molecular complexity index is 610. The van der Waals surface area contributed by atoms with Crippen molar-refractivity contribution in [3.8, 4) is 0 Å². The molecule has 0 atom stereocenters. The van der Waals surface area contributed by atoms with Crippen molar-refractivity contribution in [3.05, 3.63) is 23.5 Å². The molecule has 0 aliphatic heterocycles. The Morgan fingerprint density at radius 1 is 1.40 bits per heavy atom. The highest BCUT2D eigenvalue weighted by atomic mass is 32.2. The second-order valence-electron chi connectivity index (χ2n) is 5.84. The van der Waals surface area contributed by atoms with Crippen LogP contribution in [-0.4, -0.2) is 25.3 Å². The van der Waals surface area contributed by atoms with Crippen LogP contribution in [0.2, 0.25) is 0 Å². The molecule has 20 heavy (non-hydrogen) atoms. The predicted octanol–water partition coefficient (Wildman–Crippen LogP) is 2.53. The number of halogens is 1. The zero-order chi connectivity index (χ0) is 15.1. The van der Waals surface area contributed by atoms with Crippen LogP contribution < -0.4 is 5.73 Å². The van der Waals surface area contributed by atoms with E-state index in [0.29, 0.717) is 17.8 Å². The Labute approximate surface area is 119 Å². The van der Waals surface area contributed by atoms with E-state index in [-0.39, 0.29) is 16.9 Å². The zero-order valence-corrected chi connectivity index (χ0v) is 12.9. The van der Waals surface area contributed by atoms with E-state index in [1.54, 1.807) is 6.92 Å². The second kappa shape index (κ2) is 5.33. The Kier molecular flexibility index (Phi) is 4.07. The first-order valence-electron chi connectivity index (χ1n) is 6.81. The van der Waals surface area contributed by atoms with Crippen molar-refractivity contribution in [2.45, 2.75) is 44.6 Å². The maximum Gasteiger partial charge on any atom is 0.246 e. The van der Waals surface area contributed by atoms with Gasteiger partial charge in [-0.25, -0.2) is 12.8 Å². The number of hydrogen-bond donors (Lipinski definition) is 1. The van der Waals surface area contributed by atoms with Gasteiger partial charge in [-0.05, 0) is 43.4 Å². The van der Waals surface area contributed by atoms with Gasteiger partial charge in [0.05, 0.1) is 0 Å². The number of sulfonamides is 1. The Morgan fingerprint density at radius 3 is 2.50 bits per heavy atom. The van der Waals surface area contributed by atoms with E-state index in [4.69, 9.17) is 5.73 Å². The highest BCUT2D eigenvalue weighted by Crippen LogP contribution is 2.34. The number of nitrogens with zero attached hydrogens (tertiary/aromatic N) is 1. The van der Waals surface area contributed by atoms with E-state index in [1.165, 1.54) is 16.4 Å². The van der Waals surface area contributed by atoms with Crippen molar-refractivity contribution in [3.63, 3.8) is 0 Å². The predicted molar refractivity (Wildman–Crippen MR) is 77.3 cm³/mol. The van der Waals surface area contributed by atoms with Gasteiger partial charge in [0.15, 0.2) is 0 Å². The molecule has 0 heterocycles. The largest absolute Gasteiger partial charge is 0.398 e. The van der Waals surface area contributed by atoms with Crippen molar-refractivity contribution >= 4 is 15.7 Å². The van der Waals surface area contributed by atoms with Crippen LogP contribution in [0.25, 0.3) is 0 Å². The SMILES string of the molecule is Cc1cc(F)c(S(=O)(=O)N(CC(C)C)C2CC2)cc1N. The minimum absolute atomic E-state index is 0.00401. The van der Waals surface area contributed by atoms with Gasteiger partial charge in [-0.1, -0.05) is 13.8 Å². The van der Waals surface area contributed by atoms with Crippen LogP contribution >= 0.6 is 0 Å². The maximum atomic E-state index is 14.0. The van der Waals surface area contributed by atoms with Crippen molar-refractivity contribution in [2.24, 2.45) is 5.92 Å². The quantitative estimate of drug-likeness (QED) is 0.850. The summed E-state index contributed by atoms with van der Waals surface area (Å²) in [5, 5.41) is 0. The van der Waals surface area contributed by atoms with Crippen molar-refractivity contribution in [1.29, 1.82) is 0 Å². The lowest BCUT2D eigenvalue weighted by atomic mass is 10.2. The third-order valence-corrected chi connectivity index (χ3v) is 5.34. The van der Waals surface area contributed by atoms with Gasteiger partial charge in [-0.15, -0.1) is 0 Å². The summed E-state index contributed by atoms with van der Waals surface area (Å²) in [5.74, 6) is -0.540. The lowest BCUT2D eigenvalue weighted by Crippen LogP contribution is -2.36. The number of anilines is 1. The molecule has 112 valence electrons. The topological polar surface area (TPSA) is 63.4 Å². The van der Waals surface area contributed by atoms with Gasteiger partial charge in [0.2, 0.25) is 10.0 Å². The molecule has 2 N–H and O–H groups in total. The van der Waals surface area contributed by atoms with E-state index in [9.17, 15) is 12.8 Å². The highest BCUT2D eigenvalue weighted by Gasteiger charge is 2.39. The minimum atomic E-state index is -3.82. The summed E-state index contributed by atoms with van der Waals surface area (Å²) in [5.41, 5.74) is 6.57. The van der Waals surface area contributed by atoms with E-state index in [0.717, 1.165) is 12.8 Å². The van der Waals surface area contributed by atoms with Crippen molar-refractivity contribution in [2.75, 3.05) is 12.3 Å². The van der Waals surface area contributed by atoms with Crippen LogP contribution in [0.5, 0.6) is 0 Å². The summed E-state index contributed by atoms with van der Waals surface area (Å²) in [6.07, 6.45) is 1.68. The summed E-state index contributed by atoms with van der Waals surface area (Å²) < 4.78 is 40.8. The van der Waals surface area contributed by atoms with Crippen LogP contribution in [0.3, 0.4) is 0 Å². The summed E-state index contributed by atoms with van der Waals surface area (Å²) in [7, 11) is -3.82.